The number of rotatable bonds is 4. The Hall–Kier alpha value is -0.420. The minimum Gasteiger partial charge on any atom is -0.341 e. The number of amides is 1. The van der Waals surface area contributed by atoms with Gasteiger partial charge in [0.15, 0.2) is 0 Å². The van der Waals surface area contributed by atoms with Crippen molar-refractivity contribution >= 4 is 41.7 Å². The molecular formula is C16H24Cl2N2OS. The van der Waals surface area contributed by atoms with E-state index < -0.39 is 0 Å². The van der Waals surface area contributed by atoms with Gasteiger partial charge in [-0.2, -0.15) is 0 Å². The zero-order valence-corrected chi connectivity index (χ0v) is 15.4. The number of hydrogen-bond acceptors (Lipinski definition) is 3. The number of carbonyl (C=O) groups excluding carboxylic acids is 1. The molecule has 3 nitrogen and oxygen atoms in total. The first kappa shape index (κ1) is 19.6. The van der Waals surface area contributed by atoms with Crippen LogP contribution in [0.1, 0.15) is 26.7 Å². The van der Waals surface area contributed by atoms with Crippen LogP contribution in [0.4, 0.5) is 0 Å². The van der Waals surface area contributed by atoms with Crippen LogP contribution < -0.4 is 5.73 Å². The van der Waals surface area contributed by atoms with Crippen LogP contribution in [-0.2, 0) is 4.79 Å². The van der Waals surface area contributed by atoms with E-state index in [1.54, 1.807) is 11.8 Å². The van der Waals surface area contributed by atoms with E-state index in [1.165, 1.54) is 0 Å². The Kier molecular flexibility index (Phi) is 8.04. The summed E-state index contributed by atoms with van der Waals surface area (Å²) >= 11 is 7.46. The van der Waals surface area contributed by atoms with E-state index >= 15 is 0 Å². The zero-order valence-electron chi connectivity index (χ0n) is 13.0. The van der Waals surface area contributed by atoms with Crippen LogP contribution in [0, 0.1) is 5.92 Å². The van der Waals surface area contributed by atoms with E-state index in [4.69, 9.17) is 17.3 Å². The summed E-state index contributed by atoms with van der Waals surface area (Å²) in [5, 5.41) is 0.632. The summed E-state index contributed by atoms with van der Waals surface area (Å²) in [5.74, 6) is 0.635. The minimum atomic E-state index is -0.0852. The molecule has 0 spiro atoms. The lowest BCUT2D eigenvalue weighted by Gasteiger charge is -2.35. The molecule has 1 aromatic carbocycles. The number of carbonyl (C=O) groups is 1. The summed E-state index contributed by atoms with van der Waals surface area (Å²) < 4.78 is 0. The van der Waals surface area contributed by atoms with Gasteiger partial charge in [-0.3, -0.25) is 4.79 Å². The minimum absolute atomic E-state index is 0. The third-order valence-corrected chi connectivity index (χ3v) is 5.34. The van der Waals surface area contributed by atoms with Crippen LogP contribution in [0.25, 0.3) is 0 Å². The first-order valence-electron chi connectivity index (χ1n) is 7.44. The van der Waals surface area contributed by atoms with Crippen molar-refractivity contribution in [3.8, 4) is 0 Å². The molecule has 2 N–H and O–H groups in total. The van der Waals surface area contributed by atoms with Gasteiger partial charge >= 0.3 is 0 Å². The number of piperidine rings is 1. The maximum Gasteiger partial charge on any atom is 0.235 e. The van der Waals surface area contributed by atoms with Crippen LogP contribution in [0.2, 0.25) is 5.02 Å². The standard InChI is InChI=1S/C16H23ClN2OS.ClH/c1-11(18)13-4-3-9-19(10-13)16(20)12(2)21-15-7-5-14(17)6-8-15;/h5-8,11-13H,3-4,9-10,18H2,1-2H3;1H. The van der Waals surface area contributed by atoms with E-state index in [0.717, 1.165) is 30.8 Å². The number of halogens is 2. The van der Waals surface area contributed by atoms with Crippen molar-refractivity contribution in [2.45, 2.75) is 42.9 Å². The summed E-state index contributed by atoms with van der Waals surface area (Å²) in [4.78, 5) is 15.6. The average molecular weight is 363 g/mol. The van der Waals surface area contributed by atoms with Crippen molar-refractivity contribution in [1.29, 1.82) is 0 Å². The van der Waals surface area contributed by atoms with E-state index in [0.29, 0.717) is 10.9 Å². The Morgan fingerprint density at radius 1 is 1.36 bits per heavy atom. The predicted octanol–water partition coefficient (Wildman–Crippen LogP) is 3.83. The highest BCUT2D eigenvalue weighted by molar-refractivity contribution is 8.00. The second kappa shape index (κ2) is 9.02. The maximum atomic E-state index is 12.6. The van der Waals surface area contributed by atoms with Crippen molar-refractivity contribution in [3.63, 3.8) is 0 Å². The number of likely N-dealkylation sites (tertiary alicyclic amines) is 1. The smallest absolute Gasteiger partial charge is 0.235 e. The third-order valence-electron chi connectivity index (χ3n) is 3.99. The maximum absolute atomic E-state index is 12.6. The Balaban J connectivity index is 0.00000242. The molecule has 1 aliphatic rings. The number of nitrogens with two attached hydrogens (primary N) is 1. The molecule has 0 aliphatic carbocycles. The zero-order chi connectivity index (χ0) is 15.4. The molecule has 6 heteroatoms. The molecule has 2 rings (SSSR count). The molecule has 124 valence electrons. The van der Waals surface area contributed by atoms with Crippen LogP contribution in [0.5, 0.6) is 0 Å². The molecule has 0 saturated carbocycles. The molecule has 1 heterocycles. The average Bonchev–Trinajstić information content (AvgIpc) is 2.49. The summed E-state index contributed by atoms with van der Waals surface area (Å²) in [6, 6.07) is 7.78. The molecule has 1 amide bonds. The van der Waals surface area contributed by atoms with Gasteiger partial charge < -0.3 is 10.6 Å². The monoisotopic (exact) mass is 362 g/mol. The molecule has 0 aromatic heterocycles. The van der Waals surface area contributed by atoms with Gasteiger partial charge in [-0.25, -0.2) is 0 Å². The predicted molar refractivity (Wildman–Crippen MR) is 97.0 cm³/mol. The quantitative estimate of drug-likeness (QED) is 0.827. The van der Waals surface area contributed by atoms with Crippen LogP contribution >= 0.6 is 35.8 Å². The van der Waals surface area contributed by atoms with Crippen LogP contribution in [0.3, 0.4) is 0 Å². The fourth-order valence-electron chi connectivity index (χ4n) is 2.66. The number of benzene rings is 1. The highest BCUT2D eigenvalue weighted by Crippen LogP contribution is 2.27. The Morgan fingerprint density at radius 2 is 2.00 bits per heavy atom. The van der Waals surface area contributed by atoms with Gasteiger partial charge in [0.2, 0.25) is 5.91 Å². The SMILES string of the molecule is CC(Sc1ccc(Cl)cc1)C(=O)N1CCCC(C(C)N)C1.Cl. The fourth-order valence-corrected chi connectivity index (χ4v) is 3.74. The Morgan fingerprint density at radius 3 is 2.59 bits per heavy atom. The molecule has 3 atom stereocenters. The van der Waals surface area contributed by atoms with Gasteiger partial charge in [0, 0.05) is 29.0 Å². The Bertz CT molecular complexity index is 482. The molecule has 1 aliphatic heterocycles. The van der Waals surface area contributed by atoms with Crippen LogP contribution in [0.15, 0.2) is 29.2 Å². The van der Waals surface area contributed by atoms with Crippen molar-refractivity contribution in [2.24, 2.45) is 11.7 Å². The van der Waals surface area contributed by atoms with Crippen molar-refractivity contribution in [2.75, 3.05) is 13.1 Å². The van der Waals surface area contributed by atoms with Gasteiger partial charge in [0.1, 0.15) is 0 Å². The summed E-state index contributed by atoms with van der Waals surface area (Å²) in [6.07, 6.45) is 2.18. The summed E-state index contributed by atoms with van der Waals surface area (Å²) in [7, 11) is 0. The third kappa shape index (κ3) is 5.34. The van der Waals surface area contributed by atoms with Gasteiger partial charge in [0.05, 0.1) is 5.25 Å². The second-order valence-corrected chi connectivity index (χ2v) is 7.61. The Labute approximate surface area is 148 Å². The molecule has 0 radical (unpaired) electrons. The van der Waals surface area contributed by atoms with Gasteiger partial charge in [0.25, 0.3) is 0 Å². The molecule has 3 unspecified atom stereocenters. The lowest BCUT2D eigenvalue weighted by molar-refractivity contribution is -0.132. The highest BCUT2D eigenvalue weighted by atomic mass is 35.5. The number of nitrogens with zero attached hydrogens (tertiary/aromatic N) is 1. The second-order valence-electron chi connectivity index (χ2n) is 5.76. The topological polar surface area (TPSA) is 46.3 Å². The van der Waals surface area contributed by atoms with Gasteiger partial charge in [-0.1, -0.05) is 11.6 Å². The van der Waals surface area contributed by atoms with E-state index in [9.17, 15) is 4.79 Å². The molecule has 1 aromatic rings. The van der Waals surface area contributed by atoms with Crippen molar-refractivity contribution in [3.05, 3.63) is 29.3 Å². The first-order valence-corrected chi connectivity index (χ1v) is 8.69. The fraction of sp³-hybridized carbons (Fsp3) is 0.562. The van der Waals surface area contributed by atoms with E-state index in [2.05, 4.69) is 0 Å². The first-order chi connectivity index (χ1) is 9.97. The lowest BCUT2D eigenvalue weighted by atomic mass is 9.92. The molecule has 1 saturated heterocycles. The largest absolute Gasteiger partial charge is 0.341 e. The lowest BCUT2D eigenvalue weighted by Crippen LogP contribution is -2.47. The van der Waals surface area contributed by atoms with Crippen LogP contribution in [-0.4, -0.2) is 35.2 Å². The van der Waals surface area contributed by atoms with E-state index in [1.807, 2.05) is 43.0 Å². The number of thioether (sulfide) groups is 1. The molecule has 22 heavy (non-hydrogen) atoms. The normalized spacial score (nSPS) is 20.9. The van der Waals surface area contributed by atoms with Gasteiger partial charge in [-0.05, 0) is 56.9 Å². The summed E-state index contributed by atoms with van der Waals surface area (Å²) in [5.41, 5.74) is 5.99. The van der Waals surface area contributed by atoms with Crippen molar-refractivity contribution in [1.82, 2.24) is 4.90 Å². The van der Waals surface area contributed by atoms with Gasteiger partial charge in [-0.15, -0.1) is 24.2 Å². The molecular weight excluding hydrogens is 339 g/mol. The molecule has 0 bridgehead atoms. The summed E-state index contributed by atoms with van der Waals surface area (Å²) in [6.45, 7) is 5.65. The molecule has 1 fully saturated rings. The van der Waals surface area contributed by atoms with Crippen molar-refractivity contribution < 1.29 is 4.79 Å². The number of hydrogen-bond donors (Lipinski definition) is 1. The highest BCUT2D eigenvalue weighted by Gasteiger charge is 2.28. The van der Waals surface area contributed by atoms with E-state index in [-0.39, 0.29) is 29.6 Å².